The van der Waals surface area contributed by atoms with Crippen LogP contribution in [0, 0.1) is 5.41 Å². The maximum Gasteiger partial charge on any atom is 0.244 e. The van der Waals surface area contributed by atoms with Crippen LogP contribution in [0.25, 0.3) is 0 Å². The van der Waals surface area contributed by atoms with Crippen molar-refractivity contribution in [2.45, 2.75) is 36.6 Å². The molecule has 1 saturated heterocycles. The second kappa shape index (κ2) is 8.73. The summed E-state index contributed by atoms with van der Waals surface area (Å²) >= 11 is 24.0. The van der Waals surface area contributed by atoms with E-state index < -0.39 is 10.0 Å². The highest BCUT2D eigenvalue weighted by Gasteiger charge is 2.58. The van der Waals surface area contributed by atoms with Gasteiger partial charge in [-0.3, -0.25) is 4.79 Å². The van der Waals surface area contributed by atoms with E-state index in [4.69, 9.17) is 46.4 Å². The summed E-state index contributed by atoms with van der Waals surface area (Å²) in [6.07, 6.45) is 2.53. The van der Waals surface area contributed by atoms with Gasteiger partial charge in [-0.1, -0.05) is 52.5 Å². The minimum Gasteiger partial charge on any atom is -0.353 e. The quantitative estimate of drug-likeness (QED) is 0.567. The predicted molar refractivity (Wildman–Crippen MR) is 124 cm³/mol. The van der Waals surface area contributed by atoms with Crippen LogP contribution >= 0.6 is 46.4 Å². The van der Waals surface area contributed by atoms with E-state index >= 15 is 0 Å². The maximum atomic E-state index is 12.9. The lowest BCUT2D eigenvalue weighted by atomic mass is 9.60. The monoisotopic (exact) mass is 520 g/mol. The molecule has 1 spiro atoms. The van der Waals surface area contributed by atoms with Gasteiger partial charge < -0.3 is 5.32 Å². The fourth-order valence-electron chi connectivity index (χ4n) is 4.19. The van der Waals surface area contributed by atoms with Crippen LogP contribution in [0.4, 0.5) is 0 Å². The summed E-state index contributed by atoms with van der Waals surface area (Å²) in [7, 11) is -3.70. The van der Waals surface area contributed by atoms with E-state index in [0.717, 1.165) is 18.4 Å². The molecule has 0 bridgehead atoms. The van der Waals surface area contributed by atoms with E-state index in [2.05, 4.69) is 5.32 Å². The van der Waals surface area contributed by atoms with Gasteiger partial charge in [0.25, 0.3) is 0 Å². The van der Waals surface area contributed by atoms with Gasteiger partial charge in [-0.05, 0) is 55.2 Å². The second-order valence-corrected chi connectivity index (χ2v) is 11.7. The molecule has 4 rings (SSSR count). The fraction of sp³-hybridized carbons (Fsp3) is 0.381. The number of benzene rings is 2. The minimum atomic E-state index is -3.70. The molecule has 2 fully saturated rings. The molecule has 0 aromatic heterocycles. The molecule has 2 aromatic carbocycles. The fourth-order valence-corrected chi connectivity index (χ4v) is 7.07. The third-order valence-corrected chi connectivity index (χ3v) is 9.23. The zero-order chi connectivity index (χ0) is 22.4. The van der Waals surface area contributed by atoms with Crippen LogP contribution in [-0.2, 0) is 21.2 Å². The van der Waals surface area contributed by atoms with Gasteiger partial charge in [0.05, 0.1) is 5.02 Å². The van der Waals surface area contributed by atoms with Crippen molar-refractivity contribution in [3.05, 3.63) is 62.1 Å². The molecule has 31 heavy (non-hydrogen) atoms. The van der Waals surface area contributed by atoms with Crippen molar-refractivity contribution in [2.24, 2.45) is 5.41 Å². The molecule has 5 nitrogen and oxygen atoms in total. The van der Waals surface area contributed by atoms with Crippen molar-refractivity contribution in [1.29, 1.82) is 0 Å². The summed E-state index contributed by atoms with van der Waals surface area (Å²) in [4.78, 5) is 12.5. The number of rotatable bonds is 6. The first-order valence-corrected chi connectivity index (χ1v) is 12.7. The summed E-state index contributed by atoms with van der Waals surface area (Å²) in [5.41, 5.74) is 0.657. The molecule has 1 saturated carbocycles. The van der Waals surface area contributed by atoms with Crippen LogP contribution in [0.5, 0.6) is 0 Å². The first-order valence-electron chi connectivity index (χ1n) is 9.79. The van der Waals surface area contributed by atoms with E-state index in [1.165, 1.54) is 22.5 Å². The molecule has 0 unspecified atom stereocenters. The highest BCUT2D eigenvalue weighted by Crippen LogP contribution is 2.50. The first kappa shape index (κ1) is 23.1. The highest BCUT2D eigenvalue weighted by molar-refractivity contribution is 7.89. The van der Waals surface area contributed by atoms with E-state index in [0.29, 0.717) is 41.0 Å². The Labute approximate surface area is 201 Å². The molecule has 10 heteroatoms. The Bertz CT molecular complexity index is 1130. The molecule has 0 radical (unpaired) electrons. The van der Waals surface area contributed by atoms with Crippen molar-refractivity contribution in [3.63, 3.8) is 0 Å². The predicted octanol–water partition coefficient (Wildman–Crippen LogP) is 5.20. The van der Waals surface area contributed by atoms with Gasteiger partial charge >= 0.3 is 0 Å². The SMILES string of the molecule is O=C(CCc1ccc(Cl)cc1Cl)N[C@H]1CCC12CN(S(=O)(=O)c1ccc(Cl)cc1Cl)C2. The largest absolute Gasteiger partial charge is 0.353 e. The molecular weight excluding hydrogens is 502 g/mol. The smallest absolute Gasteiger partial charge is 0.244 e. The molecule has 1 amide bonds. The van der Waals surface area contributed by atoms with Gasteiger partial charge in [0, 0.05) is 46.0 Å². The van der Waals surface area contributed by atoms with Crippen molar-refractivity contribution >= 4 is 62.3 Å². The Morgan fingerprint density at radius 1 is 1.03 bits per heavy atom. The Balaban J connectivity index is 1.33. The lowest BCUT2D eigenvalue weighted by Gasteiger charge is -2.59. The van der Waals surface area contributed by atoms with Gasteiger partial charge in [0.15, 0.2) is 0 Å². The Morgan fingerprint density at radius 2 is 1.68 bits per heavy atom. The minimum absolute atomic E-state index is 0.0344. The lowest BCUT2D eigenvalue weighted by Crippen LogP contribution is -2.71. The lowest BCUT2D eigenvalue weighted by molar-refractivity contribution is -0.127. The molecule has 1 heterocycles. The normalized spacial score (nSPS) is 20.2. The molecule has 1 aliphatic heterocycles. The molecule has 1 aliphatic carbocycles. The van der Waals surface area contributed by atoms with Crippen LogP contribution in [0.1, 0.15) is 24.8 Å². The summed E-state index contributed by atoms with van der Waals surface area (Å²) in [6, 6.07) is 9.55. The van der Waals surface area contributed by atoms with E-state index in [9.17, 15) is 13.2 Å². The van der Waals surface area contributed by atoms with Crippen LogP contribution in [0.15, 0.2) is 41.3 Å². The van der Waals surface area contributed by atoms with Crippen molar-refractivity contribution in [2.75, 3.05) is 13.1 Å². The second-order valence-electron chi connectivity index (χ2n) is 8.10. The average Bonchev–Trinajstić information content (AvgIpc) is 2.63. The van der Waals surface area contributed by atoms with Crippen molar-refractivity contribution in [1.82, 2.24) is 9.62 Å². The number of hydrogen-bond acceptors (Lipinski definition) is 3. The summed E-state index contributed by atoms with van der Waals surface area (Å²) in [6.45, 7) is 0.727. The number of sulfonamides is 1. The number of amides is 1. The number of nitrogens with one attached hydrogen (secondary N) is 1. The zero-order valence-electron chi connectivity index (χ0n) is 16.4. The van der Waals surface area contributed by atoms with E-state index in [-0.39, 0.29) is 27.3 Å². The highest BCUT2D eigenvalue weighted by atomic mass is 35.5. The van der Waals surface area contributed by atoms with Gasteiger partial charge in [-0.2, -0.15) is 4.31 Å². The van der Waals surface area contributed by atoms with Gasteiger partial charge in [0.2, 0.25) is 15.9 Å². The molecule has 1 atom stereocenters. The number of nitrogens with zero attached hydrogens (tertiary/aromatic N) is 1. The van der Waals surface area contributed by atoms with Crippen LogP contribution in [0.3, 0.4) is 0 Å². The van der Waals surface area contributed by atoms with Crippen molar-refractivity contribution in [3.8, 4) is 0 Å². The molecule has 2 aliphatic rings. The number of halogens is 4. The van der Waals surface area contributed by atoms with Crippen LogP contribution in [-0.4, -0.2) is 37.8 Å². The number of aryl methyl sites for hydroxylation is 1. The van der Waals surface area contributed by atoms with Crippen molar-refractivity contribution < 1.29 is 13.2 Å². The zero-order valence-corrected chi connectivity index (χ0v) is 20.2. The Morgan fingerprint density at radius 3 is 2.26 bits per heavy atom. The summed E-state index contributed by atoms with van der Waals surface area (Å²) in [5, 5.41) is 4.65. The van der Waals surface area contributed by atoms with Gasteiger partial charge in [-0.25, -0.2) is 8.42 Å². The number of hydrogen-bond donors (Lipinski definition) is 1. The first-order chi connectivity index (χ1) is 14.6. The Kier molecular flexibility index (Phi) is 6.52. The standard InChI is InChI=1S/C21H20Cl4N2O3S/c22-14-3-1-13(16(24)9-14)2-6-20(28)26-19-7-8-21(19)11-27(12-21)31(29,30)18-5-4-15(23)10-17(18)25/h1,3-5,9-10,19H,2,6-8,11-12H2,(H,26,28)/t19-/m0/s1. The Hall–Kier alpha value is -1.02. The average molecular weight is 522 g/mol. The summed E-state index contributed by atoms with van der Waals surface area (Å²) < 4.78 is 27.2. The van der Waals surface area contributed by atoms with Gasteiger partial charge in [-0.15, -0.1) is 0 Å². The number of carbonyl (C=O) groups excluding carboxylic acids is 1. The molecular formula is C21H20Cl4N2O3S. The van der Waals surface area contributed by atoms with Gasteiger partial charge in [0.1, 0.15) is 4.90 Å². The topological polar surface area (TPSA) is 66.5 Å². The number of carbonyl (C=O) groups is 1. The van der Waals surface area contributed by atoms with E-state index in [1.807, 2.05) is 6.07 Å². The molecule has 166 valence electrons. The molecule has 1 N–H and O–H groups in total. The summed E-state index contributed by atoms with van der Waals surface area (Å²) in [5.74, 6) is -0.0721. The maximum absolute atomic E-state index is 12.9. The third-order valence-electron chi connectivity index (χ3n) is 6.14. The van der Waals surface area contributed by atoms with Crippen LogP contribution < -0.4 is 5.32 Å². The van der Waals surface area contributed by atoms with Crippen LogP contribution in [0.2, 0.25) is 20.1 Å². The third kappa shape index (κ3) is 4.56. The van der Waals surface area contributed by atoms with E-state index in [1.54, 1.807) is 12.1 Å². The molecule has 2 aromatic rings.